The molecule has 0 spiro atoms. The third kappa shape index (κ3) is 7.41. The van der Waals surface area contributed by atoms with E-state index in [1.54, 1.807) is 12.4 Å². The van der Waals surface area contributed by atoms with Gasteiger partial charge in [0.25, 0.3) is 0 Å². The molecule has 5 N–H and O–H groups in total. The fourth-order valence-corrected chi connectivity index (χ4v) is 10.9. The number of methoxy groups -OCH3 is 1. The number of benzene rings is 2. The summed E-state index contributed by atoms with van der Waals surface area (Å²) in [5.41, 5.74) is 6.32. The van der Waals surface area contributed by atoms with Crippen LogP contribution in [0.25, 0.3) is 44.6 Å². The van der Waals surface area contributed by atoms with Gasteiger partial charge in [-0.05, 0) is 110 Å². The van der Waals surface area contributed by atoms with Crippen molar-refractivity contribution in [3.05, 3.63) is 60.4 Å². The average molecular weight is 859 g/mol. The third-order valence-corrected chi connectivity index (χ3v) is 14.3. The van der Waals surface area contributed by atoms with Crippen LogP contribution in [0, 0.1) is 23.7 Å². The summed E-state index contributed by atoms with van der Waals surface area (Å²) in [4.78, 5) is 82.8. The largest absolute Gasteiger partial charge is 0.465 e. The lowest BCUT2D eigenvalue weighted by molar-refractivity contribution is -0.138. The van der Waals surface area contributed by atoms with Crippen molar-refractivity contribution in [2.75, 3.05) is 33.5 Å². The quantitative estimate of drug-likeness (QED) is 0.124. The van der Waals surface area contributed by atoms with Gasteiger partial charge in [-0.3, -0.25) is 14.6 Å². The molecule has 3 aromatic heterocycles. The number of piperidine rings is 2. The summed E-state index contributed by atoms with van der Waals surface area (Å²) in [7, 11) is 1.31. The van der Waals surface area contributed by atoms with Crippen LogP contribution in [0.4, 0.5) is 9.59 Å². The summed E-state index contributed by atoms with van der Waals surface area (Å²) in [6.45, 7) is 2.12. The molecular weight excluding hydrogens is 809 g/mol. The van der Waals surface area contributed by atoms with Crippen LogP contribution in [0.15, 0.2) is 48.8 Å². The normalized spacial score (nSPS) is 26.6. The van der Waals surface area contributed by atoms with Gasteiger partial charge in [-0.1, -0.05) is 12.1 Å². The van der Waals surface area contributed by atoms with E-state index >= 15 is 0 Å². The minimum Gasteiger partial charge on any atom is -0.465 e. The van der Waals surface area contributed by atoms with Gasteiger partial charge in [0.15, 0.2) is 0 Å². The lowest BCUT2D eigenvalue weighted by Crippen LogP contribution is -2.54. The van der Waals surface area contributed by atoms with Crippen molar-refractivity contribution < 1.29 is 38.5 Å². The third-order valence-electron chi connectivity index (χ3n) is 14.3. The molecule has 2 saturated carbocycles. The van der Waals surface area contributed by atoms with E-state index in [1.165, 1.54) is 7.11 Å². The number of aromatic amines is 2. The number of carbonyl (C=O) groups excluding carboxylic acids is 3. The SMILES string of the molecule is COC(=O)N[C@H](C(=O)N1[C@@H]2C[C@@H]2C[C@H]1c1nc2ccc(-c3ccc4nc(-c5cnc([C@@H]6C[C@H]7C[C@H]7N6C(=O)[C@@H](NC(=O)O)C6CCOCC6)[nH]5)cnc4c3)cc2[nH]1)C1CCOCC1. The molecule has 328 valence electrons. The van der Waals surface area contributed by atoms with Gasteiger partial charge < -0.3 is 49.7 Å². The fraction of sp³-hybridized carbons (Fsp3) is 0.511. The summed E-state index contributed by atoms with van der Waals surface area (Å²) in [6.07, 6.45) is 7.70. The molecule has 2 aromatic carbocycles. The molecule has 0 unspecified atom stereocenters. The van der Waals surface area contributed by atoms with Crippen molar-refractivity contribution in [1.29, 1.82) is 0 Å². The number of H-pyrrole nitrogens is 2. The number of aromatic nitrogens is 6. The van der Waals surface area contributed by atoms with E-state index in [0.29, 0.717) is 86.7 Å². The second-order valence-electron chi connectivity index (χ2n) is 18.1. The molecule has 5 aromatic rings. The molecular formula is C45H50N10O8. The fourth-order valence-electron chi connectivity index (χ4n) is 10.9. The zero-order valence-electron chi connectivity index (χ0n) is 34.9. The van der Waals surface area contributed by atoms with Gasteiger partial charge in [0, 0.05) is 38.5 Å². The number of hydrogen-bond acceptors (Lipinski definition) is 11. The first kappa shape index (κ1) is 39.7. The van der Waals surface area contributed by atoms with E-state index in [9.17, 15) is 24.3 Å². The van der Waals surface area contributed by atoms with Crippen molar-refractivity contribution in [2.24, 2.45) is 23.7 Å². The van der Waals surface area contributed by atoms with Crippen LogP contribution in [0.3, 0.4) is 0 Å². The Bertz CT molecular complexity index is 2600. The molecule has 4 amide bonds. The van der Waals surface area contributed by atoms with Crippen LogP contribution in [-0.4, -0.2) is 127 Å². The maximum atomic E-state index is 14.3. The number of carbonyl (C=O) groups is 4. The lowest BCUT2D eigenvalue weighted by atomic mass is 9.90. The Labute approximate surface area is 361 Å². The summed E-state index contributed by atoms with van der Waals surface area (Å²) in [5.74, 6) is 1.73. The van der Waals surface area contributed by atoms with E-state index in [0.717, 1.165) is 59.2 Å². The standard InChI is InChI=1S/C45H50N10O8/c1-61-45(60)53-39(23-8-12-63-13-9-23)43(57)55-35-17-27(35)19-37(55)41-49-29-5-3-25(15-31(29)50-41)24-2-4-28-30(14-24)46-20-32(48-28)33-21-47-40(51-33)36-18-26-16-34(26)54(36)42(56)38(52-44(58)59)22-6-10-62-11-7-22/h2-5,14-15,20-23,26-27,34-39,52H,6-13,16-19H2,1H3,(H,47,51)(H,49,50)(H,53,60)(H,58,59)/t26-,27-,34-,35-,36+,37+,38+,39+/m1/s1. The molecule has 6 fully saturated rings. The van der Waals surface area contributed by atoms with E-state index < -0.39 is 24.3 Å². The predicted octanol–water partition coefficient (Wildman–Crippen LogP) is 5.10. The highest BCUT2D eigenvalue weighted by Crippen LogP contribution is 2.55. The Morgan fingerprint density at radius 1 is 0.714 bits per heavy atom. The zero-order chi connectivity index (χ0) is 42.9. The Hall–Kier alpha value is -6.14. The summed E-state index contributed by atoms with van der Waals surface area (Å²) in [5, 5.41) is 15.0. The van der Waals surface area contributed by atoms with Crippen molar-refractivity contribution >= 4 is 46.1 Å². The van der Waals surface area contributed by atoms with Gasteiger partial charge >= 0.3 is 12.2 Å². The monoisotopic (exact) mass is 858 g/mol. The first-order valence-corrected chi connectivity index (χ1v) is 22.2. The maximum Gasteiger partial charge on any atom is 0.407 e. The number of alkyl carbamates (subject to hydrolysis) is 1. The molecule has 63 heavy (non-hydrogen) atoms. The minimum absolute atomic E-state index is 0.0385. The first-order valence-electron chi connectivity index (χ1n) is 22.2. The Kier molecular flexibility index (Phi) is 10.0. The number of amides is 4. The molecule has 0 bridgehead atoms. The number of fused-ring (bicyclic) bond motifs is 4. The van der Waals surface area contributed by atoms with Crippen molar-refractivity contribution in [3.63, 3.8) is 0 Å². The van der Waals surface area contributed by atoms with Crippen molar-refractivity contribution in [3.8, 4) is 22.5 Å². The number of rotatable bonds is 10. The van der Waals surface area contributed by atoms with Gasteiger partial charge in [0.05, 0.1) is 59.3 Å². The van der Waals surface area contributed by atoms with E-state index in [4.69, 9.17) is 34.1 Å². The molecule has 7 heterocycles. The van der Waals surface area contributed by atoms with Crippen LogP contribution in [0.2, 0.25) is 0 Å². The number of imidazole rings is 2. The minimum atomic E-state index is -1.20. The lowest BCUT2D eigenvalue weighted by Gasteiger charge is -2.35. The van der Waals surface area contributed by atoms with E-state index in [1.807, 2.05) is 40.1 Å². The maximum absolute atomic E-state index is 14.3. The van der Waals surface area contributed by atoms with Crippen LogP contribution in [0.1, 0.15) is 75.1 Å². The number of ether oxygens (including phenoxy) is 3. The topological polar surface area (TPSA) is 230 Å². The van der Waals surface area contributed by atoms with Crippen LogP contribution in [0.5, 0.6) is 0 Å². The Morgan fingerprint density at radius 3 is 1.95 bits per heavy atom. The number of hydrogen-bond donors (Lipinski definition) is 5. The smallest absolute Gasteiger partial charge is 0.407 e. The number of nitrogens with zero attached hydrogens (tertiary/aromatic N) is 6. The summed E-state index contributed by atoms with van der Waals surface area (Å²) >= 11 is 0. The van der Waals surface area contributed by atoms with E-state index in [-0.39, 0.29) is 47.8 Å². The zero-order valence-corrected chi connectivity index (χ0v) is 34.9. The summed E-state index contributed by atoms with van der Waals surface area (Å²) < 4.78 is 16.0. The van der Waals surface area contributed by atoms with E-state index in [2.05, 4.69) is 26.7 Å². The van der Waals surface area contributed by atoms with Gasteiger partial charge in [-0.25, -0.2) is 24.5 Å². The van der Waals surface area contributed by atoms with Gasteiger partial charge in [0.2, 0.25) is 11.8 Å². The average Bonchev–Trinajstić information content (AvgIpc) is 3.93. The predicted molar refractivity (Wildman–Crippen MR) is 226 cm³/mol. The molecule has 4 aliphatic heterocycles. The van der Waals surface area contributed by atoms with Gasteiger partial charge in [-0.2, -0.15) is 0 Å². The highest BCUT2D eigenvalue weighted by molar-refractivity contribution is 5.89. The molecule has 0 radical (unpaired) electrons. The molecule has 18 nitrogen and oxygen atoms in total. The second-order valence-corrected chi connectivity index (χ2v) is 18.1. The molecule has 2 aliphatic carbocycles. The molecule has 6 aliphatic rings. The van der Waals surface area contributed by atoms with Gasteiger partial charge in [-0.15, -0.1) is 0 Å². The van der Waals surface area contributed by atoms with Crippen LogP contribution in [-0.2, 0) is 23.8 Å². The van der Waals surface area contributed by atoms with Crippen LogP contribution >= 0.6 is 0 Å². The Morgan fingerprint density at radius 2 is 1.32 bits per heavy atom. The first-order chi connectivity index (χ1) is 30.7. The number of nitrogens with one attached hydrogen (secondary N) is 4. The highest BCUT2D eigenvalue weighted by Gasteiger charge is 2.58. The van der Waals surface area contributed by atoms with Crippen molar-refractivity contribution in [1.82, 2.24) is 50.3 Å². The molecule has 18 heteroatoms. The van der Waals surface area contributed by atoms with Crippen LogP contribution < -0.4 is 10.6 Å². The van der Waals surface area contributed by atoms with Crippen molar-refractivity contribution in [2.45, 2.75) is 87.6 Å². The molecule has 4 saturated heterocycles. The second kappa shape index (κ2) is 15.9. The summed E-state index contributed by atoms with van der Waals surface area (Å²) in [6, 6.07) is 10.2. The Balaban J connectivity index is 0.806. The molecule has 11 rings (SSSR count). The number of carboxylic acid groups (broad SMARTS) is 1. The molecule has 8 atom stereocenters. The number of likely N-dealkylation sites (tertiary alicyclic amines) is 2. The van der Waals surface area contributed by atoms with Gasteiger partial charge in [0.1, 0.15) is 29.4 Å². The highest BCUT2D eigenvalue weighted by atomic mass is 16.5.